The van der Waals surface area contributed by atoms with E-state index >= 15 is 0 Å². The molecule has 1 aromatic rings. The van der Waals surface area contributed by atoms with Crippen molar-refractivity contribution >= 4 is 10.8 Å². The van der Waals surface area contributed by atoms with Gasteiger partial charge in [-0.3, -0.25) is 4.21 Å². The van der Waals surface area contributed by atoms with Gasteiger partial charge < -0.3 is 10.5 Å². The third kappa shape index (κ3) is 4.13. The Morgan fingerprint density at radius 3 is 2.83 bits per heavy atom. The molecule has 0 spiro atoms. The number of nitrogens with two attached hydrogens (primary N) is 1. The third-order valence-corrected chi connectivity index (χ3v) is 4.09. The van der Waals surface area contributed by atoms with Gasteiger partial charge in [-0.1, -0.05) is 13.0 Å². The molecule has 1 rings (SSSR count). The second-order valence-electron chi connectivity index (χ2n) is 4.07. The van der Waals surface area contributed by atoms with Gasteiger partial charge in [-0.25, -0.2) is 0 Å². The van der Waals surface area contributed by atoms with Crippen LogP contribution in [0.4, 0.5) is 0 Å². The van der Waals surface area contributed by atoms with Gasteiger partial charge >= 0.3 is 0 Å². The van der Waals surface area contributed by atoms with E-state index < -0.39 is 10.8 Å². The number of methoxy groups -OCH3 is 1. The molecule has 0 aliphatic heterocycles. The summed E-state index contributed by atoms with van der Waals surface area (Å²) in [6.45, 7) is 1.98. The Morgan fingerprint density at radius 2 is 2.28 bits per heavy atom. The highest BCUT2D eigenvalue weighted by atomic mass is 32.2. The zero-order valence-corrected chi connectivity index (χ0v) is 11.5. The van der Waals surface area contributed by atoms with Crippen LogP contribution < -0.4 is 10.5 Å². The second kappa shape index (κ2) is 7.14. The molecule has 0 saturated heterocycles. The highest BCUT2D eigenvalue weighted by Gasteiger charge is 2.09. The number of nitriles is 1. The van der Waals surface area contributed by atoms with Gasteiger partial charge in [0.25, 0.3) is 0 Å². The topological polar surface area (TPSA) is 76.1 Å². The second-order valence-corrected chi connectivity index (χ2v) is 5.57. The van der Waals surface area contributed by atoms with Gasteiger partial charge in [0.05, 0.1) is 12.7 Å². The molecule has 0 bridgehead atoms. The van der Waals surface area contributed by atoms with Crippen molar-refractivity contribution in [2.75, 3.05) is 12.9 Å². The molecule has 0 aliphatic carbocycles. The lowest BCUT2D eigenvalue weighted by atomic mass is 10.1. The van der Waals surface area contributed by atoms with Crippen molar-refractivity contribution in [2.45, 2.75) is 25.1 Å². The van der Waals surface area contributed by atoms with E-state index in [0.29, 0.717) is 22.8 Å². The molecular weight excluding hydrogens is 248 g/mol. The van der Waals surface area contributed by atoms with E-state index in [1.807, 2.05) is 13.0 Å². The van der Waals surface area contributed by atoms with Gasteiger partial charge in [0.1, 0.15) is 11.8 Å². The number of rotatable bonds is 6. The molecular formula is C13H18N2O2S. The van der Waals surface area contributed by atoms with Crippen LogP contribution in [-0.4, -0.2) is 23.1 Å². The Labute approximate surface area is 110 Å². The van der Waals surface area contributed by atoms with Crippen LogP contribution in [0.15, 0.2) is 18.2 Å². The van der Waals surface area contributed by atoms with Crippen molar-refractivity contribution < 1.29 is 8.95 Å². The number of hydrogen-bond acceptors (Lipinski definition) is 4. The largest absolute Gasteiger partial charge is 0.495 e. The zero-order chi connectivity index (χ0) is 13.5. The lowest BCUT2D eigenvalue weighted by Crippen LogP contribution is -2.26. The summed E-state index contributed by atoms with van der Waals surface area (Å²) in [7, 11) is 0.527. The highest BCUT2D eigenvalue weighted by Crippen LogP contribution is 2.19. The van der Waals surface area contributed by atoms with Gasteiger partial charge in [0, 0.05) is 28.3 Å². The zero-order valence-electron chi connectivity index (χ0n) is 10.7. The van der Waals surface area contributed by atoms with E-state index in [0.717, 1.165) is 12.0 Å². The first-order valence-corrected chi connectivity index (χ1v) is 7.27. The summed E-state index contributed by atoms with van der Waals surface area (Å²) < 4.78 is 16.9. The van der Waals surface area contributed by atoms with Gasteiger partial charge in [-0.2, -0.15) is 5.26 Å². The van der Waals surface area contributed by atoms with E-state index in [4.69, 9.17) is 15.7 Å². The fourth-order valence-electron chi connectivity index (χ4n) is 1.53. The molecule has 0 aliphatic rings. The van der Waals surface area contributed by atoms with E-state index in [1.165, 1.54) is 7.11 Å². The van der Waals surface area contributed by atoms with E-state index in [-0.39, 0.29) is 6.04 Å². The number of nitrogens with zero attached hydrogens (tertiary/aromatic N) is 1. The number of ether oxygens (including phenoxy) is 1. The molecule has 2 unspecified atom stereocenters. The minimum Gasteiger partial charge on any atom is -0.495 e. The smallest absolute Gasteiger partial charge is 0.136 e. The van der Waals surface area contributed by atoms with Crippen LogP contribution in [0.2, 0.25) is 0 Å². The van der Waals surface area contributed by atoms with Gasteiger partial charge in [0.2, 0.25) is 0 Å². The van der Waals surface area contributed by atoms with Gasteiger partial charge in [0.15, 0.2) is 0 Å². The molecule has 0 radical (unpaired) electrons. The molecule has 4 nitrogen and oxygen atoms in total. The van der Waals surface area contributed by atoms with Crippen LogP contribution in [0.5, 0.6) is 5.75 Å². The molecule has 1 aromatic carbocycles. The van der Waals surface area contributed by atoms with Gasteiger partial charge in [-0.15, -0.1) is 0 Å². The summed E-state index contributed by atoms with van der Waals surface area (Å²) in [5.41, 5.74) is 7.10. The molecule has 2 atom stereocenters. The van der Waals surface area contributed by atoms with Crippen LogP contribution in [0.25, 0.3) is 0 Å². The SMILES string of the molecule is CCC(N)CS(=O)Cc1ccc(OC)c(C#N)c1. The summed E-state index contributed by atoms with van der Waals surface area (Å²) in [4.78, 5) is 0. The highest BCUT2D eigenvalue weighted by molar-refractivity contribution is 7.84. The fourth-order valence-corrected chi connectivity index (χ4v) is 2.92. The molecule has 98 valence electrons. The normalized spacial score (nSPS) is 13.7. The maximum Gasteiger partial charge on any atom is 0.136 e. The third-order valence-electron chi connectivity index (χ3n) is 2.64. The fraction of sp³-hybridized carbons (Fsp3) is 0.462. The predicted molar refractivity (Wildman–Crippen MR) is 72.7 cm³/mol. The summed E-state index contributed by atoms with van der Waals surface area (Å²) in [6.07, 6.45) is 0.817. The molecule has 0 fully saturated rings. The Balaban J connectivity index is 2.74. The Kier molecular flexibility index (Phi) is 5.83. The molecule has 5 heteroatoms. The van der Waals surface area contributed by atoms with Crippen molar-refractivity contribution in [2.24, 2.45) is 5.73 Å². The summed E-state index contributed by atoms with van der Waals surface area (Å²) in [5.74, 6) is 1.45. The maximum absolute atomic E-state index is 11.9. The standard InChI is InChI=1S/C13H18N2O2S/c1-3-12(15)9-18(16)8-10-4-5-13(17-2)11(6-10)7-14/h4-6,12H,3,8-9,15H2,1-2H3. The first-order valence-electron chi connectivity index (χ1n) is 5.78. The van der Waals surface area contributed by atoms with Crippen LogP contribution >= 0.6 is 0 Å². The van der Waals surface area contributed by atoms with Crippen molar-refractivity contribution in [1.82, 2.24) is 0 Å². The Hall–Kier alpha value is -1.38. The van der Waals surface area contributed by atoms with Crippen LogP contribution in [0.3, 0.4) is 0 Å². The Morgan fingerprint density at radius 1 is 1.56 bits per heavy atom. The van der Waals surface area contributed by atoms with E-state index in [9.17, 15) is 4.21 Å². The first kappa shape index (κ1) is 14.7. The molecule has 0 saturated carbocycles. The van der Waals surface area contributed by atoms with Crippen LogP contribution in [0.1, 0.15) is 24.5 Å². The minimum absolute atomic E-state index is 0.0282. The minimum atomic E-state index is -0.995. The average Bonchev–Trinajstić information content (AvgIpc) is 2.38. The number of hydrogen-bond donors (Lipinski definition) is 1. The molecule has 0 amide bonds. The predicted octanol–water partition coefficient (Wildman–Crippen LogP) is 1.55. The van der Waals surface area contributed by atoms with E-state index in [1.54, 1.807) is 12.1 Å². The van der Waals surface area contributed by atoms with Crippen molar-refractivity contribution in [1.29, 1.82) is 5.26 Å². The quantitative estimate of drug-likeness (QED) is 0.847. The summed E-state index contributed by atoms with van der Waals surface area (Å²) in [5, 5.41) is 8.97. The van der Waals surface area contributed by atoms with Crippen molar-refractivity contribution in [3.8, 4) is 11.8 Å². The summed E-state index contributed by atoms with van der Waals surface area (Å²) in [6, 6.07) is 7.31. The first-order chi connectivity index (χ1) is 8.60. The lowest BCUT2D eigenvalue weighted by Gasteiger charge is -2.09. The van der Waals surface area contributed by atoms with Gasteiger partial charge in [-0.05, 0) is 24.1 Å². The van der Waals surface area contributed by atoms with Crippen molar-refractivity contribution in [3.63, 3.8) is 0 Å². The number of benzene rings is 1. The average molecular weight is 266 g/mol. The van der Waals surface area contributed by atoms with Crippen LogP contribution in [-0.2, 0) is 16.6 Å². The lowest BCUT2D eigenvalue weighted by molar-refractivity contribution is 0.413. The van der Waals surface area contributed by atoms with E-state index in [2.05, 4.69) is 6.07 Å². The maximum atomic E-state index is 11.9. The molecule has 2 N–H and O–H groups in total. The molecule has 0 aromatic heterocycles. The molecule has 0 heterocycles. The monoisotopic (exact) mass is 266 g/mol. The molecule has 18 heavy (non-hydrogen) atoms. The Bertz CT molecular complexity index is 469. The van der Waals surface area contributed by atoms with Crippen LogP contribution in [0, 0.1) is 11.3 Å². The van der Waals surface area contributed by atoms with Crippen molar-refractivity contribution in [3.05, 3.63) is 29.3 Å². The summed E-state index contributed by atoms with van der Waals surface area (Å²) >= 11 is 0.